The van der Waals surface area contributed by atoms with E-state index in [4.69, 9.17) is 4.74 Å². The minimum Gasteiger partial charge on any atom is -0.467 e. The van der Waals surface area contributed by atoms with Crippen LogP contribution in [0.2, 0.25) is 25.7 Å². The third kappa shape index (κ3) is 3.99. The lowest BCUT2D eigenvalue weighted by atomic mass is 9.93. The molecule has 0 aliphatic carbocycles. The van der Waals surface area contributed by atoms with E-state index in [0.717, 1.165) is 6.04 Å². The molecule has 1 rings (SSSR count). The molecule has 104 valence electrons. The molecule has 1 aliphatic heterocycles. The maximum Gasteiger partial charge on any atom is 0.408 e. The zero-order chi connectivity index (χ0) is 13.8. The second kappa shape index (κ2) is 5.70. The number of methoxy groups -OCH3 is 1. The standard InChI is InChI=1S/C11H22N2O4Si/c1-16-9(14)11(7-12-8-11)13-10(15)17-5-6-18(2,3)4/h12H,5-8H2,1-4H3,(H,13,15). The van der Waals surface area contributed by atoms with Crippen LogP contribution >= 0.6 is 0 Å². The number of carbonyl (C=O) groups is 2. The molecule has 0 atom stereocenters. The van der Waals surface area contributed by atoms with Gasteiger partial charge in [0.2, 0.25) is 0 Å². The van der Waals surface area contributed by atoms with Crippen molar-refractivity contribution in [2.45, 2.75) is 31.2 Å². The van der Waals surface area contributed by atoms with Gasteiger partial charge in [-0.3, -0.25) is 0 Å². The largest absolute Gasteiger partial charge is 0.467 e. The summed E-state index contributed by atoms with van der Waals surface area (Å²) in [6.07, 6.45) is -0.555. The summed E-state index contributed by atoms with van der Waals surface area (Å²) in [4.78, 5) is 23.2. The average Bonchev–Trinajstić information content (AvgIpc) is 2.20. The molecule has 0 aromatic carbocycles. The second-order valence-electron chi connectivity index (χ2n) is 5.75. The van der Waals surface area contributed by atoms with Crippen LogP contribution < -0.4 is 10.6 Å². The molecule has 0 aromatic heterocycles. The SMILES string of the molecule is COC(=O)C1(NC(=O)OCC[Si](C)(C)C)CNC1. The molecule has 0 aromatic rings. The van der Waals surface area contributed by atoms with Crippen LogP contribution in [0.5, 0.6) is 0 Å². The van der Waals surface area contributed by atoms with Gasteiger partial charge in [-0.05, 0) is 6.04 Å². The summed E-state index contributed by atoms with van der Waals surface area (Å²) >= 11 is 0. The van der Waals surface area contributed by atoms with E-state index >= 15 is 0 Å². The van der Waals surface area contributed by atoms with Crippen LogP contribution in [0.4, 0.5) is 4.79 Å². The first-order valence-electron chi connectivity index (χ1n) is 6.03. The van der Waals surface area contributed by atoms with E-state index in [1.165, 1.54) is 7.11 Å². The summed E-state index contributed by atoms with van der Waals surface area (Å²) in [5, 5.41) is 5.52. The molecule has 0 bridgehead atoms. The summed E-state index contributed by atoms with van der Waals surface area (Å²) in [5.74, 6) is -0.441. The number of ether oxygens (including phenoxy) is 2. The minimum atomic E-state index is -1.21. The molecular weight excluding hydrogens is 252 g/mol. The van der Waals surface area contributed by atoms with Gasteiger partial charge in [-0.25, -0.2) is 9.59 Å². The third-order valence-corrected chi connectivity index (χ3v) is 4.56. The molecule has 6 nitrogen and oxygen atoms in total. The van der Waals surface area contributed by atoms with E-state index in [1.807, 2.05) is 0 Å². The summed E-state index contributed by atoms with van der Waals surface area (Å²) in [5.41, 5.74) is -0.953. The smallest absolute Gasteiger partial charge is 0.408 e. The summed E-state index contributed by atoms with van der Waals surface area (Å²) in [7, 11) is 0.0915. The van der Waals surface area contributed by atoms with Gasteiger partial charge in [0.05, 0.1) is 13.7 Å². The van der Waals surface area contributed by atoms with Crippen molar-refractivity contribution in [1.82, 2.24) is 10.6 Å². The van der Waals surface area contributed by atoms with Crippen molar-refractivity contribution in [1.29, 1.82) is 0 Å². The van der Waals surface area contributed by atoms with Crippen LogP contribution in [0.15, 0.2) is 0 Å². The van der Waals surface area contributed by atoms with Gasteiger partial charge in [0.15, 0.2) is 5.54 Å². The summed E-state index contributed by atoms with van der Waals surface area (Å²) < 4.78 is 9.77. The summed E-state index contributed by atoms with van der Waals surface area (Å²) in [6.45, 7) is 7.78. The molecule has 7 heteroatoms. The van der Waals surface area contributed by atoms with Gasteiger partial charge in [-0.2, -0.15) is 0 Å². The van der Waals surface area contributed by atoms with Gasteiger partial charge < -0.3 is 20.1 Å². The molecular formula is C11H22N2O4Si. The van der Waals surface area contributed by atoms with E-state index < -0.39 is 25.7 Å². The molecule has 1 amide bonds. The Morgan fingerprint density at radius 3 is 2.33 bits per heavy atom. The van der Waals surface area contributed by atoms with Crippen molar-refractivity contribution in [2.75, 3.05) is 26.8 Å². The third-order valence-electron chi connectivity index (χ3n) is 2.86. The van der Waals surface area contributed by atoms with Gasteiger partial charge in [0.1, 0.15) is 0 Å². The predicted molar refractivity (Wildman–Crippen MR) is 70.3 cm³/mol. The van der Waals surface area contributed by atoms with Crippen molar-refractivity contribution in [2.24, 2.45) is 0 Å². The Morgan fingerprint density at radius 2 is 1.94 bits per heavy atom. The zero-order valence-corrected chi connectivity index (χ0v) is 12.5. The number of amides is 1. The molecule has 1 fully saturated rings. The van der Waals surface area contributed by atoms with Crippen LogP contribution in [-0.2, 0) is 14.3 Å². The Balaban J connectivity index is 2.37. The lowest BCUT2D eigenvalue weighted by Crippen LogP contribution is -2.73. The normalized spacial score (nSPS) is 17.6. The molecule has 18 heavy (non-hydrogen) atoms. The van der Waals surface area contributed by atoms with Crippen LogP contribution in [0.1, 0.15) is 0 Å². The van der Waals surface area contributed by atoms with Crippen LogP contribution in [0.25, 0.3) is 0 Å². The molecule has 1 aliphatic rings. The second-order valence-corrected chi connectivity index (χ2v) is 11.4. The molecule has 1 saturated heterocycles. The first kappa shape index (κ1) is 15.0. The fraction of sp³-hybridized carbons (Fsp3) is 0.818. The number of rotatable bonds is 5. The van der Waals surface area contributed by atoms with Crippen LogP contribution in [0, 0.1) is 0 Å². The van der Waals surface area contributed by atoms with E-state index in [1.54, 1.807) is 0 Å². The number of hydrogen-bond acceptors (Lipinski definition) is 5. The van der Waals surface area contributed by atoms with Gasteiger partial charge in [-0.1, -0.05) is 19.6 Å². The molecule has 0 saturated carbocycles. The number of nitrogens with one attached hydrogen (secondary N) is 2. The van der Waals surface area contributed by atoms with E-state index in [2.05, 4.69) is 35.0 Å². The van der Waals surface area contributed by atoms with Crippen molar-refractivity contribution in [3.8, 4) is 0 Å². The number of carbonyl (C=O) groups excluding carboxylic acids is 2. The van der Waals surface area contributed by atoms with E-state index in [9.17, 15) is 9.59 Å². The molecule has 0 unspecified atom stereocenters. The Labute approximate surface area is 108 Å². The van der Waals surface area contributed by atoms with Gasteiger partial charge >= 0.3 is 12.1 Å². The van der Waals surface area contributed by atoms with E-state index in [0.29, 0.717) is 19.7 Å². The quantitative estimate of drug-likeness (QED) is 0.566. The topological polar surface area (TPSA) is 76.7 Å². The maximum atomic E-state index is 11.6. The minimum absolute atomic E-state index is 0.378. The van der Waals surface area contributed by atoms with Gasteiger partial charge in [0, 0.05) is 21.2 Å². The average molecular weight is 274 g/mol. The number of hydrogen-bond donors (Lipinski definition) is 2. The lowest BCUT2D eigenvalue weighted by Gasteiger charge is -2.39. The molecule has 0 spiro atoms. The van der Waals surface area contributed by atoms with Crippen molar-refractivity contribution < 1.29 is 19.1 Å². The van der Waals surface area contributed by atoms with Crippen molar-refractivity contribution in [3.05, 3.63) is 0 Å². The number of alkyl carbamates (subject to hydrolysis) is 1. The van der Waals surface area contributed by atoms with Crippen molar-refractivity contribution >= 4 is 20.1 Å². The Kier molecular flexibility index (Phi) is 4.75. The molecule has 2 N–H and O–H groups in total. The lowest BCUT2D eigenvalue weighted by molar-refractivity contribution is -0.150. The van der Waals surface area contributed by atoms with Crippen LogP contribution in [-0.4, -0.2) is 52.5 Å². The fourth-order valence-electron chi connectivity index (χ4n) is 1.54. The zero-order valence-electron chi connectivity index (χ0n) is 11.5. The van der Waals surface area contributed by atoms with Gasteiger partial charge in [0.25, 0.3) is 0 Å². The summed E-state index contributed by atoms with van der Waals surface area (Å²) in [6, 6.07) is 0.907. The van der Waals surface area contributed by atoms with Crippen molar-refractivity contribution in [3.63, 3.8) is 0 Å². The first-order valence-corrected chi connectivity index (χ1v) is 9.74. The Hall–Kier alpha value is -1.08. The first-order chi connectivity index (χ1) is 8.29. The highest BCUT2D eigenvalue weighted by atomic mass is 28.3. The Morgan fingerprint density at radius 1 is 1.33 bits per heavy atom. The van der Waals surface area contributed by atoms with Gasteiger partial charge in [-0.15, -0.1) is 0 Å². The molecule has 1 heterocycles. The highest BCUT2D eigenvalue weighted by Crippen LogP contribution is 2.13. The highest BCUT2D eigenvalue weighted by Gasteiger charge is 2.47. The maximum absolute atomic E-state index is 11.6. The number of esters is 1. The molecule has 0 radical (unpaired) electrons. The highest BCUT2D eigenvalue weighted by molar-refractivity contribution is 6.76. The van der Waals surface area contributed by atoms with Crippen LogP contribution in [0.3, 0.4) is 0 Å². The monoisotopic (exact) mass is 274 g/mol. The fourth-order valence-corrected chi connectivity index (χ4v) is 2.25. The predicted octanol–water partition coefficient (Wildman–Crippen LogP) is 0.566. The van der Waals surface area contributed by atoms with E-state index in [-0.39, 0.29) is 0 Å². The Bertz CT molecular complexity index is 323.